The van der Waals surface area contributed by atoms with Crippen LogP contribution in [-0.4, -0.2) is 31.1 Å². The molecule has 7 heteroatoms. The van der Waals surface area contributed by atoms with Gasteiger partial charge >= 0.3 is 0 Å². The van der Waals surface area contributed by atoms with Crippen LogP contribution in [-0.2, 0) is 0 Å². The average Bonchev–Trinajstić information content (AvgIpc) is 3.35. The smallest absolute Gasteiger partial charge is 0.277 e. The van der Waals surface area contributed by atoms with Crippen LogP contribution in [0.4, 0.5) is 5.69 Å². The first-order valence-corrected chi connectivity index (χ1v) is 7.68. The van der Waals surface area contributed by atoms with Crippen LogP contribution < -0.4 is 5.32 Å². The number of H-pyrrole nitrogens is 1. The van der Waals surface area contributed by atoms with Crippen LogP contribution in [0.25, 0.3) is 16.9 Å². The van der Waals surface area contributed by atoms with Crippen LogP contribution in [0.1, 0.15) is 10.5 Å². The number of hydrogen-bond acceptors (Lipinski definition) is 4. The molecule has 2 aromatic heterocycles. The lowest BCUT2D eigenvalue weighted by Crippen LogP contribution is -2.13. The maximum absolute atomic E-state index is 12.3. The summed E-state index contributed by atoms with van der Waals surface area (Å²) < 4.78 is 0. The van der Waals surface area contributed by atoms with Gasteiger partial charge in [-0.25, -0.2) is 0 Å². The molecule has 0 saturated carbocycles. The Morgan fingerprint density at radius 2 is 1.80 bits per heavy atom. The number of nitrogens with zero attached hydrogens (tertiary/aromatic N) is 4. The summed E-state index contributed by atoms with van der Waals surface area (Å²) in [4.78, 5) is 13.8. The monoisotopic (exact) mass is 330 g/mol. The summed E-state index contributed by atoms with van der Waals surface area (Å²) in [6, 6.07) is 18.8. The van der Waals surface area contributed by atoms with Gasteiger partial charge in [0, 0.05) is 11.9 Å². The van der Waals surface area contributed by atoms with Crippen molar-refractivity contribution < 1.29 is 4.79 Å². The quantitative estimate of drug-likeness (QED) is 0.602. The number of nitrogens with one attached hydrogen (secondary N) is 2. The van der Waals surface area contributed by atoms with E-state index in [2.05, 4.69) is 25.7 Å². The van der Waals surface area contributed by atoms with Crippen molar-refractivity contribution in [3.8, 4) is 16.9 Å². The molecule has 4 rings (SSSR count). The Morgan fingerprint density at radius 3 is 2.52 bits per heavy atom. The third-order valence-corrected chi connectivity index (χ3v) is 3.67. The van der Waals surface area contributed by atoms with Gasteiger partial charge in [0.2, 0.25) is 0 Å². The van der Waals surface area contributed by atoms with Crippen molar-refractivity contribution >= 4 is 11.6 Å². The van der Waals surface area contributed by atoms with E-state index in [1.54, 1.807) is 6.20 Å². The van der Waals surface area contributed by atoms with E-state index >= 15 is 0 Å². The number of rotatable bonds is 4. The fourth-order valence-corrected chi connectivity index (χ4v) is 2.40. The van der Waals surface area contributed by atoms with E-state index < -0.39 is 0 Å². The van der Waals surface area contributed by atoms with Gasteiger partial charge in [0.15, 0.2) is 5.69 Å². The number of aromatic amines is 1. The van der Waals surface area contributed by atoms with Crippen LogP contribution in [0.3, 0.4) is 0 Å². The molecule has 0 aliphatic rings. The predicted octanol–water partition coefficient (Wildman–Crippen LogP) is 2.91. The van der Waals surface area contributed by atoms with Crippen molar-refractivity contribution in [2.45, 2.75) is 0 Å². The minimum absolute atomic E-state index is 0.251. The summed E-state index contributed by atoms with van der Waals surface area (Å²) in [5.74, 6) is -0.309. The predicted molar refractivity (Wildman–Crippen MR) is 93.3 cm³/mol. The number of carbonyl (C=O) groups is 1. The van der Waals surface area contributed by atoms with Gasteiger partial charge in [-0.2, -0.15) is 15.0 Å². The second-order valence-corrected chi connectivity index (χ2v) is 5.36. The third kappa shape index (κ3) is 3.16. The molecule has 25 heavy (non-hydrogen) atoms. The summed E-state index contributed by atoms with van der Waals surface area (Å²) in [5.41, 5.74) is 3.64. The third-order valence-electron chi connectivity index (χ3n) is 3.67. The van der Waals surface area contributed by atoms with Gasteiger partial charge in [0.25, 0.3) is 5.91 Å². The highest BCUT2D eigenvalue weighted by molar-refractivity contribution is 6.02. The Morgan fingerprint density at radius 1 is 1.00 bits per heavy atom. The minimum Gasteiger partial charge on any atom is -0.321 e. The molecule has 0 atom stereocenters. The van der Waals surface area contributed by atoms with Crippen molar-refractivity contribution in [1.29, 1.82) is 0 Å². The fourth-order valence-electron chi connectivity index (χ4n) is 2.40. The maximum Gasteiger partial charge on any atom is 0.277 e. The lowest BCUT2D eigenvalue weighted by molar-refractivity contribution is 0.102. The normalized spacial score (nSPS) is 10.6. The van der Waals surface area contributed by atoms with E-state index in [1.165, 1.54) is 11.0 Å². The summed E-state index contributed by atoms with van der Waals surface area (Å²) in [5, 5.41) is 18.0. The van der Waals surface area contributed by atoms with Crippen molar-refractivity contribution in [1.82, 2.24) is 25.2 Å². The van der Waals surface area contributed by atoms with Crippen LogP contribution in [0.15, 0.2) is 73.1 Å². The Balaban J connectivity index is 1.48. The number of hydrogen-bond donors (Lipinski definition) is 2. The molecule has 122 valence electrons. The zero-order chi connectivity index (χ0) is 17.1. The molecule has 0 aliphatic carbocycles. The molecule has 2 aromatic carbocycles. The highest BCUT2D eigenvalue weighted by Crippen LogP contribution is 2.19. The number of anilines is 1. The molecule has 7 nitrogen and oxygen atoms in total. The number of benzene rings is 2. The molecular formula is C18H14N6O. The maximum atomic E-state index is 12.3. The summed E-state index contributed by atoms with van der Waals surface area (Å²) in [7, 11) is 0. The Kier molecular flexibility index (Phi) is 3.80. The van der Waals surface area contributed by atoms with Crippen molar-refractivity contribution in [3.63, 3.8) is 0 Å². The lowest BCUT2D eigenvalue weighted by atomic mass is 10.1. The molecule has 0 unspecified atom stereocenters. The second kappa shape index (κ2) is 6.40. The molecule has 2 N–H and O–H groups in total. The van der Waals surface area contributed by atoms with Gasteiger partial charge in [-0.05, 0) is 35.9 Å². The van der Waals surface area contributed by atoms with E-state index in [1.807, 2.05) is 60.7 Å². The number of amides is 1. The molecule has 4 aromatic rings. The minimum atomic E-state index is -0.309. The number of para-hydroxylation sites is 1. The molecular weight excluding hydrogens is 316 g/mol. The van der Waals surface area contributed by atoms with E-state index in [-0.39, 0.29) is 11.6 Å². The van der Waals surface area contributed by atoms with Crippen molar-refractivity contribution in [2.24, 2.45) is 0 Å². The fraction of sp³-hybridized carbons (Fsp3) is 0. The lowest BCUT2D eigenvalue weighted by Gasteiger charge is -2.04. The van der Waals surface area contributed by atoms with Crippen molar-refractivity contribution in [3.05, 3.63) is 78.8 Å². The molecule has 0 saturated heterocycles. The molecule has 2 heterocycles. The van der Waals surface area contributed by atoms with E-state index in [0.29, 0.717) is 5.69 Å². The molecule has 0 bridgehead atoms. The highest BCUT2D eigenvalue weighted by atomic mass is 16.2. The highest BCUT2D eigenvalue weighted by Gasteiger charge is 2.12. The first-order chi connectivity index (χ1) is 12.3. The summed E-state index contributed by atoms with van der Waals surface area (Å²) in [6.07, 6.45) is 3.14. The standard InChI is InChI=1S/C18H14N6O/c25-18(17-12-20-24(23-17)15-4-2-1-3-5-15)21-14-8-6-13(7-9-14)16-10-11-19-22-16/h1-12H,(H,19,22)(H,21,25). The van der Waals surface area contributed by atoms with Gasteiger partial charge < -0.3 is 5.32 Å². The molecule has 0 radical (unpaired) electrons. The topological polar surface area (TPSA) is 88.5 Å². The van der Waals surface area contributed by atoms with E-state index in [0.717, 1.165) is 16.9 Å². The number of carbonyl (C=O) groups excluding carboxylic acids is 1. The Labute approximate surface area is 143 Å². The summed E-state index contributed by atoms with van der Waals surface area (Å²) >= 11 is 0. The SMILES string of the molecule is O=C(Nc1ccc(-c2ccn[nH]2)cc1)c1cnn(-c2ccccc2)n1. The molecule has 0 aliphatic heterocycles. The summed E-state index contributed by atoms with van der Waals surface area (Å²) in [6.45, 7) is 0. The van der Waals surface area contributed by atoms with Crippen LogP contribution >= 0.6 is 0 Å². The largest absolute Gasteiger partial charge is 0.321 e. The van der Waals surface area contributed by atoms with Crippen molar-refractivity contribution in [2.75, 3.05) is 5.32 Å². The van der Waals surface area contributed by atoms with Crippen LogP contribution in [0, 0.1) is 0 Å². The zero-order valence-corrected chi connectivity index (χ0v) is 13.1. The van der Waals surface area contributed by atoms with Crippen LogP contribution in [0.5, 0.6) is 0 Å². The van der Waals surface area contributed by atoms with Gasteiger partial charge in [-0.3, -0.25) is 9.89 Å². The second-order valence-electron chi connectivity index (χ2n) is 5.36. The van der Waals surface area contributed by atoms with Crippen LogP contribution in [0.2, 0.25) is 0 Å². The Bertz CT molecular complexity index is 974. The molecule has 1 amide bonds. The molecule has 0 spiro atoms. The molecule has 0 fully saturated rings. The zero-order valence-electron chi connectivity index (χ0n) is 13.1. The first kappa shape index (κ1) is 14.8. The Hall–Kier alpha value is -3.74. The van der Waals surface area contributed by atoms with Gasteiger partial charge in [-0.15, -0.1) is 5.10 Å². The van der Waals surface area contributed by atoms with Gasteiger partial charge in [0.1, 0.15) is 0 Å². The van der Waals surface area contributed by atoms with E-state index in [9.17, 15) is 4.79 Å². The van der Waals surface area contributed by atoms with E-state index in [4.69, 9.17) is 0 Å². The van der Waals surface area contributed by atoms with Gasteiger partial charge in [0.05, 0.1) is 17.6 Å². The number of aromatic nitrogens is 5. The van der Waals surface area contributed by atoms with Gasteiger partial charge in [-0.1, -0.05) is 30.3 Å². The first-order valence-electron chi connectivity index (χ1n) is 7.68. The average molecular weight is 330 g/mol.